The number of nitrogens with one attached hydrogen (secondary N) is 1. The molecule has 0 fully saturated rings. The van der Waals surface area contributed by atoms with Crippen LogP contribution >= 0.6 is 42.6 Å². The number of carbonyl (C=O) groups excluding carboxylic acids is 2. The third-order valence-corrected chi connectivity index (χ3v) is 6.46. The minimum atomic E-state index is -4.36. The summed E-state index contributed by atoms with van der Waals surface area (Å²) in [6.45, 7) is 1.14. The number of carbonyl (C=O) groups is 2. The number of hydrogen-bond acceptors (Lipinski definition) is 6. The molecule has 0 spiro atoms. The number of allylic oxidation sites excluding steroid dienone is 4. The molecule has 0 aliphatic rings. The Labute approximate surface area is 242 Å². The first kappa shape index (κ1) is 37.4. The standard InChI is InChI=1S/C25H44Cl3N2O7P/c1-2-3-4-5-6-7-8-9-10-11-12-13-14-15-16-17-24(32)29-18-20-36-38(33,34)37-21-19-30(23-31)35-22-25(26,27)28/h6-7,9-10,23H,2-5,8,11-22H2,1H3,(H,29,32)(H,33,34). The molecular formula is C25H44Cl3N2O7P. The van der Waals surface area contributed by atoms with Gasteiger partial charge >= 0.3 is 7.82 Å². The molecule has 0 aliphatic carbocycles. The van der Waals surface area contributed by atoms with Gasteiger partial charge in [-0.3, -0.25) is 23.5 Å². The van der Waals surface area contributed by atoms with Gasteiger partial charge in [0.25, 0.3) is 0 Å². The fraction of sp³-hybridized carbons (Fsp3) is 0.760. The SMILES string of the molecule is CCCCCC=CCC=CCCCCCCCC(=O)NCCOP(=O)(O)OCCN(C=O)OCC(Cl)(Cl)Cl. The molecule has 0 saturated heterocycles. The quantitative estimate of drug-likeness (QED) is 0.0287. The maximum atomic E-state index is 11.9. The minimum Gasteiger partial charge on any atom is -0.354 e. The molecule has 0 rings (SSSR count). The van der Waals surface area contributed by atoms with Crippen molar-refractivity contribution < 1.29 is 32.9 Å². The van der Waals surface area contributed by atoms with Crippen molar-refractivity contribution in [3.05, 3.63) is 24.3 Å². The van der Waals surface area contributed by atoms with E-state index in [0.29, 0.717) is 12.8 Å². The zero-order valence-corrected chi connectivity index (χ0v) is 25.5. The molecule has 9 nitrogen and oxygen atoms in total. The van der Waals surface area contributed by atoms with Crippen LogP contribution in [0.25, 0.3) is 0 Å². The molecule has 0 heterocycles. The van der Waals surface area contributed by atoms with Crippen molar-refractivity contribution in [1.29, 1.82) is 0 Å². The Morgan fingerprint density at radius 1 is 0.947 bits per heavy atom. The maximum Gasteiger partial charge on any atom is 0.472 e. The monoisotopic (exact) mass is 620 g/mol. The molecule has 2 N–H and O–H groups in total. The lowest BCUT2D eigenvalue weighted by Gasteiger charge is -2.20. The average Bonchev–Trinajstić information content (AvgIpc) is 2.85. The van der Waals surface area contributed by atoms with Crippen molar-refractivity contribution >= 4 is 54.9 Å². The first-order valence-electron chi connectivity index (χ1n) is 13.2. The van der Waals surface area contributed by atoms with E-state index in [1.54, 1.807) is 0 Å². The Morgan fingerprint density at radius 3 is 2.18 bits per heavy atom. The lowest BCUT2D eigenvalue weighted by molar-refractivity contribution is -0.173. The molecule has 0 aliphatic heterocycles. The number of rotatable bonds is 25. The Morgan fingerprint density at radius 2 is 1.55 bits per heavy atom. The van der Waals surface area contributed by atoms with Crippen LogP contribution in [0.2, 0.25) is 0 Å². The number of hydrogen-bond donors (Lipinski definition) is 2. The summed E-state index contributed by atoms with van der Waals surface area (Å²) in [5.41, 5.74) is 0. The lowest BCUT2D eigenvalue weighted by atomic mass is 10.1. The number of halogens is 3. The van der Waals surface area contributed by atoms with Crippen molar-refractivity contribution in [1.82, 2.24) is 10.4 Å². The second kappa shape index (κ2) is 24.2. The van der Waals surface area contributed by atoms with Gasteiger partial charge in [0, 0.05) is 13.0 Å². The van der Waals surface area contributed by atoms with Crippen LogP contribution in [-0.2, 0) is 28.0 Å². The van der Waals surface area contributed by atoms with Crippen LogP contribution in [0.1, 0.15) is 84.0 Å². The number of hydroxylamine groups is 2. The highest BCUT2D eigenvalue weighted by Gasteiger charge is 2.23. The predicted octanol–water partition coefficient (Wildman–Crippen LogP) is 6.81. The van der Waals surface area contributed by atoms with E-state index in [4.69, 9.17) is 48.7 Å². The average molecular weight is 622 g/mol. The number of unbranched alkanes of at least 4 members (excludes halogenated alkanes) is 8. The van der Waals surface area contributed by atoms with Crippen LogP contribution in [0.15, 0.2) is 24.3 Å². The van der Waals surface area contributed by atoms with Crippen molar-refractivity contribution in [2.24, 2.45) is 0 Å². The van der Waals surface area contributed by atoms with E-state index >= 15 is 0 Å². The number of phosphoric ester groups is 1. The van der Waals surface area contributed by atoms with E-state index < -0.39 is 18.2 Å². The molecule has 0 saturated carbocycles. The molecule has 0 aromatic carbocycles. The van der Waals surface area contributed by atoms with Gasteiger partial charge in [0.2, 0.25) is 16.1 Å². The first-order valence-corrected chi connectivity index (χ1v) is 15.8. The van der Waals surface area contributed by atoms with E-state index in [1.165, 1.54) is 25.7 Å². The number of phosphoric acid groups is 1. The third kappa shape index (κ3) is 26.9. The summed E-state index contributed by atoms with van der Waals surface area (Å²) in [4.78, 5) is 37.3. The molecule has 0 bridgehead atoms. The zero-order valence-electron chi connectivity index (χ0n) is 22.3. The Hall–Kier alpha value is -0.640. The first-order chi connectivity index (χ1) is 18.1. The van der Waals surface area contributed by atoms with Crippen molar-refractivity contribution in [2.45, 2.75) is 87.8 Å². The molecule has 1 unspecified atom stereocenters. The topological polar surface area (TPSA) is 114 Å². The van der Waals surface area contributed by atoms with Gasteiger partial charge in [0.1, 0.15) is 6.61 Å². The second-order valence-corrected chi connectivity index (χ2v) is 12.6. The van der Waals surface area contributed by atoms with Gasteiger partial charge in [-0.15, -0.1) is 0 Å². The highest BCUT2D eigenvalue weighted by Crippen LogP contribution is 2.42. The van der Waals surface area contributed by atoms with Gasteiger partial charge in [-0.2, -0.15) is 0 Å². The highest BCUT2D eigenvalue weighted by molar-refractivity contribution is 7.47. The van der Waals surface area contributed by atoms with Gasteiger partial charge in [0.05, 0.1) is 19.8 Å². The van der Waals surface area contributed by atoms with Crippen LogP contribution in [0.3, 0.4) is 0 Å². The normalized spacial score (nSPS) is 13.7. The van der Waals surface area contributed by atoms with Crippen LogP contribution in [0, 0.1) is 0 Å². The molecule has 38 heavy (non-hydrogen) atoms. The van der Waals surface area contributed by atoms with E-state index in [2.05, 4.69) is 36.5 Å². The summed E-state index contributed by atoms with van der Waals surface area (Å²) < 4.78 is 19.7. The predicted molar refractivity (Wildman–Crippen MR) is 153 cm³/mol. The molecule has 0 radical (unpaired) electrons. The van der Waals surface area contributed by atoms with E-state index in [0.717, 1.165) is 50.0 Å². The zero-order chi connectivity index (χ0) is 28.5. The number of amides is 2. The fourth-order valence-electron chi connectivity index (χ4n) is 3.12. The van der Waals surface area contributed by atoms with Gasteiger partial charge in [-0.25, -0.2) is 9.63 Å². The van der Waals surface area contributed by atoms with Crippen molar-refractivity contribution in [2.75, 3.05) is 32.9 Å². The van der Waals surface area contributed by atoms with Crippen LogP contribution in [0.4, 0.5) is 0 Å². The largest absolute Gasteiger partial charge is 0.472 e. The van der Waals surface area contributed by atoms with E-state index in [1.807, 2.05) is 0 Å². The molecule has 2 amide bonds. The summed E-state index contributed by atoms with van der Waals surface area (Å²) in [5.74, 6) is -0.138. The molecule has 0 aromatic rings. The maximum absolute atomic E-state index is 11.9. The molecule has 1 atom stereocenters. The van der Waals surface area contributed by atoms with Gasteiger partial charge in [0.15, 0.2) is 0 Å². The summed E-state index contributed by atoms with van der Waals surface area (Å²) in [5, 5.41) is 3.40. The van der Waals surface area contributed by atoms with Crippen molar-refractivity contribution in [3.63, 3.8) is 0 Å². The minimum absolute atomic E-state index is 0.0693. The third-order valence-electron chi connectivity index (χ3n) is 5.11. The smallest absolute Gasteiger partial charge is 0.354 e. The lowest BCUT2D eigenvalue weighted by Crippen LogP contribution is -2.30. The van der Waals surface area contributed by atoms with Gasteiger partial charge < -0.3 is 10.2 Å². The van der Waals surface area contributed by atoms with Crippen molar-refractivity contribution in [3.8, 4) is 0 Å². The Balaban J connectivity index is 3.68. The molecule has 222 valence electrons. The molecular weight excluding hydrogens is 578 g/mol. The van der Waals surface area contributed by atoms with Gasteiger partial charge in [-0.05, 0) is 38.5 Å². The Kier molecular flexibility index (Phi) is 23.8. The number of alkyl halides is 3. The molecule has 0 aromatic heterocycles. The highest BCUT2D eigenvalue weighted by atomic mass is 35.6. The molecule has 13 heteroatoms. The fourth-order valence-corrected chi connectivity index (χ4v) is 3.98. The van der Waals surface area contributed by atoms with Crippen LogP contribution < -0.4 is 5.32 Å². The van der Waals surface area contributed by atoms with E-state index in [9.17, 15) is 19.0 Å². The van der Waals surface area contributed by atoms with E-state index in [-0.39, 0.29) is 32.2 Å². The summed E-state index contributed by atoms with van der Waals surface area (Å²) in [6, 6.07) is 0. The summed E-state index contributed by atoms with van der Waals surface area (Å²) in [7, 11) is -4.36. The van der Waals surface area contributed by atoms with Gasteiger partial charge in [-0.1, -0.05) is 98.1 Å². The second-order valence-electron chi connectivity index (χ2n) is 8.60. The summed E-state index contributed by atoms with van der Waals surface area (Å²) >= 11 is 16.5. The van der Waals surface area contributed by atoms with Crippen LogP contribution in [0.5, 0.6) is 0 Å². The summed E-state index contributed by atoms with van der Waals surface area (Å²) in [6.07, 6.45) is 21.9. The van der Waals surface area contributed by atoms with Crippen LogP contribution in [-0.4, -0.2) is 59.0 Å². The number of nitrogens with zero attached hydrogens (tertiary/aromatic N) is 1. The Bertz CT molecular complexity index is 722.